The predicted octanol–water partition coefficient (Wildman–Crippen LogP) is 2.58. The van der Waals surface area contributed by atoms with Crippen LogP contribution in [0.4, 0.5) is 0 Å². The zero-order valence-corrected chi connectivity index (χ0v) is 13.7. The molecule has 0 radical (unpaired) electrons. The van der Waals surface area contributed by atoms with Crippen molar-refractivity contribution in [2.45, 2.75) is 33.1 Å². The number of carbonyl (C=O) groups excluding carboxylic acids is 1. The van der Waals surface area contributed by atoms with Gasteiger partial charge in [0, 0.05) is 31.7 Å². The quantitative estimate of drug-likeness (QED) is 0.874. The number of hydrogen-bond acceptors (Lipinski definition) is 4. The third kappa shape index (κ3) is 3.73. The van der Waals surface area contributed by atoms with Crippen LogP contribution in [0.25, 0.3) is 0 Å². The fraction of sp³-hybridized carbons (Fsp3) is 0.444. The molecule has 1 aliphatic heterocycles. The molecule has 2 aromatic rings. The molecule has 2 aromatic heterocycles. The minimum absolute atomic E-state index is 0.0601. The number of piperidine rings is 1. The number of amides is 1. The van der Waals surface area contributed by atoms with Crippen LogP contribution in [0.3, 0.4) is 0 Å². The first-order valence-corrected chi connectivity index (χ1v) is 8.12. The van der Waals surface area contributed by atoms with Gasteiger partial charge in [-0.1, -0.05) is 0 Å². The molecule has 3 rings (SSSR count). The Morgan fingerprint density at radius 2 is 1.91 bits per heavy atom. The zero-order chi connectivity index (χ0) is 16.2. The van der Waals surface area contributed by atoms with Gasteiger partial charge in [0.1, 0.15) is 5.82 Å². The molecule has 5 nitrogen and oxygen atoms in total. The molecule has 3 heterocycles. The molecule has 0 aromatic carbocycles. The summed E-state index contributed by atoms with van der Waals surface area (Å²) in [5.74, 6) is 1.40. The monoisotopic (exact) mass is 310 g/mol. The topological polar surface area (TPSA) is 59.0 Å². The highest BCUT2D eigenvalue weighted by Crippen LogP contribution is 2.23. The van der Waals surface area contributed by atoms with Gasteiger partial charge in [0.2, 0.25) is 0 Å². The Morgan fingerprint density at radius 1 is 1.22 bits per heavy atom. The van der Waals surface area contributed by atoms with Crippen LogP contribution in [0.15, 0.2) is 30.7 Å². The van der Waals surface area contributed by atoms with Crippen LogP contribution in [0.1, 0.15) is 40.3 Å². The predicted molar refractivity (Wildman–Crippen MR) is 88.1 cm³/mol. The number of nitrogens with zero attached hydrogens (tertiary/aromatic N) is 4. The molecule has 0 saturated carbocycles. The number of aromatic nitrogens is 3. The highest BCUT2D eigenvalue weighted by Gasteiger charge is 2.25. The highest BCUT2D eigenvalue weighted by molar-refractivity contribution is 5.95. The van der Waals surface area contributed by atoms with Crippen LogP contribution in [0.2, 0.25) is 0 Å². The Balaban J connectivity index is 1.59. The van der Waals surface area contributed by atoms with Crippen LogP contribution >= 0.6 is 0 Å². The molecule has 0 aliphatic carbocycles. The Labute approximate surface area is 136 Å². The second-order valence-electron chi connectivity index (χ2n) is 6.21. The molecule has 1 amide bonds. The summed E-state index contributed by atoms with van der Waals surface area (Å²) in [7, 11) is 0. The van der Waals surface area contributed by atoms with Crippen molar-refractivity contribution in [3.8, 4) is 0 Å². The van der Waals surface area contributed by atoms with E-state index in [9.17, 15) is 4.79 Å². The molecular formula is C18H22N4O. The number of aryl methyl sites for hydroxylation is 2. The molecule has 0 unspecified atom stereocenters. The second-order valence-corrected chi connectivity index (χ2v) is 6.21. The van der Waals surface area contributed by atoms with Crippen molar-refractivity contribution in [3.63, 3.8) is 0 Å². The Morgan fingerprint density at radius 3 is 2.57 bits per heavy atom. The highest BCUT2D eigenvalue weighted by atomic mass is 16.2. The largest absolute Gasteiger partial charge is 0.339 e. The van der Waals surface area contributed by atoms with E-state index in [1.165, 1.54) is 5.56 Å². The first kappa shape index (κ1) is 15.6. The number of rotatable bonds is 3. The summed E-state index contributed by atoms with van der Waals surface area (Å²) in [6, 6.07) is 4.15. The minimum Gasteiger partial charge on any atom is -0.339 e. The molecule has 5 heteroatoms. The molecule has 0 spiro atoms. The van der Waals surface area contributed by atoms with E-state index in [0.717, 1.165) is 38.0 Å². The smallest absolute Gasteiger partial charge is 0.257 e. The molecule has 1 fully saturated rings. The van der Waals surface area contributed by atoms with Gasteiger partial charge in [0.05, 0.1) is 11.3 Å². The molecule has 0 atom stereocenters. The van der Waals surface area contributed by atoms with E-state index in [1.807, 2.05) is 31.1 Å². The van der Waals surface area contributed by atoms with E-state index in [-0.39, 0.29) is 5.91 Å². The number of carbonyl (C=O) groups is 1. The lowest BCUT2D eigenvalue weighted by Gasteiger charge is -2.32. The van der Waals surface area contributed by atoms with E-state index in [4.69, 9.17) is 0 Å². The van der Waals surface area contributed by atoms with Crippen molar-refractivity contribution in [2.24, 2.45) is 5.92 Å². The molecule has 1 aliphatic rings. The maximum Gasteiger partial charge on any atom is 0.257 e. The van der Waals surface area contributed by atoms with Gasteiger partial charge in [-0.05, 0) is 56.7 Å². The standard InChI is InChI=1S/C18H22N4O/c1-13-17(12-20-14(2)21-13)18(23)22-9-5-16(6-10-22)11-15-3-7-19-8-4-15/h3-4,7-8,12,16H,5-6,9-11H2,1-2H3. The Hall–Kier alpha value is -2.30. The van der Waals surface area contributed by atoms with Crippen LogP contribution in [0.5, 0.6) is 0 Å². The summed E-state index contributed by atoms with van der Waals surface area (Å²) >= 11 is 0. The van der Waals surface area contributed by atoms with Crippen molar-refractivity contribution in [3.05, 3.63) is 53.4 Å². The lowest BCUT2D eigenvalue weighted by molar-refractivity contribution is 0.0689. The van der Waals surface area contributed by atoms with Gasteiger partial charge in [-0.25, -0.2) is 9.97 Å². The average Bonchev–Trinajstić information content (AvgIpc) is 2.56. The minimum atomic E-state index is 0.0601. The zero-order valence-electron chi connectivity index (χ0n) is 13.7. The SMILES string of the molecule is Cc1ncc(C(=O)N2CCC(Cc3ccncc3)CC2)c(C)n1. The van der Waals surface area contributed by atoms with Gasteiger partial charge < -0.3 is 4.90 Å². The second kappa shape index (κ2) is 6.86. The summed E-state index contributed by atoms with van der Waals surface area (Å²) in [6.07, 6.45) is 8.49. The van der Waals surface area contributed by atoms with Crippen molar-refractivity contribution in [1.29, 1.82) is 0 Å². The third-order valence-electron chi connectivity index (χ3n) is 4.51. The molecular weight excluding hydrogens is 288 g/mol. The van der Waals surface area contributed by atoms with Crippen molar-refractivity contribution >= 4 is 5.91 Å². The van der Waals surface area contributed by atoms with Crippen LogP contribution < -0.4 is 0 Å². The molecule has 23 heavy (non-hydrogen) atoms. The third-order valence-corrected chi connectivity index (χ3v) is 4.51. The van der Waals surface area contributed by atoms with E-state index >= 15 is 0 Å². The van der Waals surface area contributed by atoms with E-state index in [0.29, 0.717) is 17.3 Å². The van der Waals surface area contributed by atoms with Crippen molar-refractivity contribution in [2.75, 3.05) is 13.1 Å². The summed E-state index contributed by atoms with van der Waals surface area (Å²) in [5, 5.41) is 0. The van der Waals surface area contributed by atoms with Crippen LogP contribution in [0, 0.1) is 19.8 Å². The molecule has 120 valence electrons. The van der Waals surface area contributed by atoms with E-state index < -0.39 is 0 Å². The maximum absolute atomic E-state index is 12.6. The first-order chi connectivity index (χ1) is 11.1. The van der Waals surface area contributed by atoms with Gasteiger partial charge >= 0.3 is 0 Å². The summed E-state index contributed by atoms with van der Waals surface area (Å²) < 4.78 is 0. The lowest BCUT2D eigenvalue weighted by Crippen LogP contribution is -2.39. The van der Waals surface area contributed by atoms with Crippen molar-refractivity contribution < 1.29 is 4.79 Å². The summed E-state index contributed by atoms with van der Waals surface area (Å²) in [6.45, 7) is 5.33. The molecule has 0 N–H and O–H groups in total. The normalized spacial score (nSPS) is 15.7. The van der Waals surface area contributed by atoms with Gasteiger partial charge in [0.15, 0.2) is 0 Å². The van der Waals surface area contributed by atoms with E-state index in [2.05, 4.69) is 27.1 Å². The number of likely N-dealkylation sites (tertiary alicyclic amines) is 1. The first-order valence-electron chi connectivity index (χ1n) is 8.12. The van der Waals surface area contributed by atoms with Gasteiger partial charge in [0.25, 0.3) is 5.91 Å². The fourth-order valence-corrected chi connectivity index (χ4v) is 3.16. The Bertz CT molecular complexity index is 679. The Kier molecular flexibility index (Phi) is 4.65. The molecule has 1 saturated heterocycles. The lowest BCUT2D eigenvalue weighted by atomic mass is 9.90. The average molecular weight is 310 g/mol. The van der Waals surface area contributed by atoms with Gasteiger partial charge in [-0.3, -0.25) is 9.78 Å². The number of pyridine rings is 1. The summed E-state index contributed by atoms with van der Waals surface area (Å²) in [5.41, 5.74) is 2.72. The van der Waals surface area contributed by atoms with Crippen LogP contribution in [-0.2, 0) is 6.42 Å². The van der Waals surface area contributed by atoms with Crippen LogP contribution in [-0.4, -0.2) is 38.8 Å². The van der Waals surface area contributed by atoms with Gasteiger partial charge in [-0.15, -0.1) is 0 Å². The van der Waals surface area contributed by atoms with Crippen molar-refractivity contribution in [1.82, 2.24) is 19.9 Å². The summed E-state index contributed by atoms with van der Waals surface area (Å²) in [4.78, 5) is 27.1. The van der Waals surface area contributed by atoms with E-state index in [1.54, 1.807) is 6.20 Å². The fourth-order valence-electron chi connectivity index (χ4n) is 3.16. The maximum atomic E-state index is 12.6. The van der Waals surface area contributed by atoms with Gasteiger partial charge in [-0.2, -0.15) is 0 Å². The molecule has 0 bridgehead atoms. The number of hydrogen-bond donors (Lipinski definition) is 0.